The van der Waals surface area contributed by atoms with Crippen molar-refractivity contribution < 1.29 is 27.5 Å². The van der Waals surface area contributed by atoms with Gasteiger partial charge in [0.1, 0.15) is 12.2 Å². The number of amides is 1. The number of ether oxygens (including phenoxy) is 2. The normalized spacial score (nSPS) is 21.5. The largest absolute Gasteiger partial charge is 0.469 e. The third kappa shape index (κ3) is 6.66. The van der Waals surface area contributed by atoms with Crippen LogP contribution in [0.3, 0.4) is 0 Å². The Balaban J connectivity index is 2.21. The van der Waals surface area contributed by atoms with Crippen molar-refractivity contribution in [2.45, 2.75) is 69.6 Å². The summed E-state index contributed by atoms with van der Waals surface area (Å²) in [6.45, 7) is 6.76. The van der Waals surface area contributed by atoms with E-state index in [9.17, 15) is 18.0 Å². The van der Waals surface area contributed by atoms with E-state index in [0.29, 0.717) is 27.6 Å². The minimum absolute atomic E-state index is 0.240. The number of carbonyl (C=O) groups excluding carboxylic acids is 2. The van der Waals surface area contributed by atoms with Crippen molar-refractivity contribution in [2.75, 3.05) is 12.9 Å². The van der Waals surface area contributed by atoms with Crippen molar-refractivity contribution in [3.05, 3.63) is 69.7 Å². The summed E-state index contributed by atoms with van der Waals surface area (Å²) < 4.78 is 36.7. The molecule has 4 atom stereocenters. The number of carbonyl (C=O) groups is 2. The Bertz CT molecular complexity index is 1230. The molecule has 37 heavy (non-hydrogen) atoms. The smallest absolute Gasteiger partial charge is 0.308 e. The molecule has 0 unspecified atom stereocenters. The first kappa shape index (κ1) is 29.4. The van der Waals surface area contributed by atoms with Gasteiger partial charge in [0.2, 0.25) is 0 Å². The third-order valence-corrected chi connectivity index (χ3v) is 9.78. The SMILES string of the molecule is CC[C@H](CS(=O)(=O)C(C)(C)C)N1C(=O)[C@H](CC(=O)OC)O[C@H](c2cccc(Cl)c2)[C@H]1c1ccc(Cl)cc1. The second-order valence-electron chi connectivity index (χ2n) is 10.1. The fourth-order valence-electron chi connectivity index (χ4n) is 4.37. The van der Waals surface area contributed by atoms with E-state index >= 15 is 0 Å². The van der Waals surface area contributed by atoms with Gasteiger partial charge >= 0.3 is 5.97 Å². The second kappa shape index (κ2) is 11.7. The molecule has 202 valence electrons. The van der Waals surface area contributed by atoms with Crippen molar-refractivity contribution in [1.29, 1.82) is 0 Å². The van der Waals surface area contributed by atoms with Crippen molar-refractivity contribution in [3.8, 4) is 0 Å². The van der Waals surface area contributed by atoms with Gasteiger partial charge in [-0.05, 0) is 62.6 Å². The van der Waals surface area contributed by atoms with Crippen molar-refractivity contribution in [3.63, 3.8) is 0 Å². The van der Waals surface area contributed by atoms with Crippen LogP contribution >= 0.6 is 23.2 Å². The quantitative estimate of drug-likeness (QED) is 0.386. The Morgan fingerprint density at radius 2 is 1.73 bits per heavy atom. The lowest BCUT2D eigenvalue weighted by Crippen LogP contribution is -2.57. The molecule has 2 aromatic carbocycles. The number of hydrogen-bond donors (Lipinski definition) is 0. The summed E-state index contributed by atoms with van der Waals surface area (Å²) in [4.78, 5) is 27.7. The lowest BCUT2D eigenvalue weighted by atomic mass is 9.89. The Morgan fingerprint density at radius 3 is 2.27 bits per heavy atom. The second-order valence-corrected chi connectivity index (χ2v) is 13.7. The van der Waals surface area contributed by atoms with E-state index in [1.807, 2.05) is 13.0 Å². The van der Waals surface area contributed by atoms with E-state index in [1.165, 1.54) is 7.11 Å². The topological polar surface area (TPSA) is 90.0 Å². The maximum Gasteiger partial charge on any atom is 0.308 e. The number of rotatable bonds is 8. The molecule has 0 N–H and O–H groups in total. The third-order valence-electron chi connectivity index (χ3n) is 6.61. The molecular weight excluding hydrogens is 537 g/mol. The van der Waals surface area contributed by atoms with Gasteiger partial charge in [-0.15, -0.1) is 0 Å². The van der Waals surface area contributed by atoms with Crippen molar-refractivity contribution in [2.24, 2.45) is 0 Å². The van der Waals surface area contributed by atoms with E-state index in [0.717, 1.165) is 0 Å². The molecule has 0 spiro atoms. The summed E-state index contributed by atoms with van der Waals surface area (Å²) in [6, 6.07) is 12.7. The zero-order valence-electron chi connectivity index (χ0n) is 21.6. The highest BCUT2D eigenvalue weighted by Crippen LogP contribution is 2.45. The van der Waals surface area contributed by atoms with Gasteiger partial charge in [0.05, 0.1) is 30.1 Å². The van der Waals surface area contributed by atoms with E-state index in [1.54, 1.807) is 68.1 Å². The number of halogens is 2. The van der Waals surface area contributed by atoms with Gasteiger partial charge in [-0.1, -0.05) is 54.4 Å². The highest BCUT2D eigenvalue weighted by atomic mass is 35.5. The fraction of sp³-hybridized carbons (Fsp3) is 0.481. The van der Waals surface area contributed by atoms with Crippen LogP contribution in [-0.4, -0.2) is 54.9 Å². The molecule has 1 heterocycles. The Hall–Kier alpha value is -2.13. The highest BCUT2D eigenvalue weighted by Gasteiger charge is 2.48. The van der Waals surface area contributed by atoms with Gasteiger partial charge in [-0.2, -0.15) is 0 Å². The highest BCUT2D eigenvalue weighted by molar-refractivity contribution is 7.92. The van der Waals surface area contributed by atoms with Crippen LogP contribution < -0.4 is 0 Å². The summed E-state index contributed by atoms with van der Waals surface area (Å²) in [5.74, 6) is -1.32. The number of methoxy groups -OCH3 is 1. The molecule has 1 aliphatic heterocycles. The molecule has 3 rings (SSSR count). The van der Waals surface area contributed by atoms with Crippen LogP contribution in [0.15, 0.2) is 48.5 Å². The van der Waals surface area contributed by atoms with E-state index in [4.69, 9.17) is 32.7 Å². The van der Waals surface area contributed by atoms with E-state index in [2.05, 4.69) is 0 Å². The number of nitrogens with zero attached hydrogens (tertiary/aromatic N) is 1. The maximum atomic E-state index is 14.0. The van der Waals surface area contributed by atoms with Gasteiger partial charge < -0.3 is 14.4 Å². The molecular formula is C27H33Cl2NO6S. The molecule has 1 amide bonds. The predicted octanol–water partition coefficient (Wildman–Crippen LogP) is 5.56. The summed E-state index contributed by atoms with van der Waals surface area (Å²) in [5, 5.41) is 0.995. The Labute approximate surface area is 228 Å². The van der Waals surface area contributed by atoms with Crippen LogP contribution in [-0.2, 0) is 28.9 Å². The predicted molar refractivity (Wildman–Crippen MR) is 144 cm³/mol. The number of esters is 1. The van der Waals surface area contributed by atoms with E-state index < -0.39 is 50.8 Å². The molecule has 7 nitrogen and oxygen atoms in total. The van der Waals surface area contributed by atoms with Crippen LogP contribution in [0.4, 0.5) is 0 Å². The molecule has 0 aromatic heterocycles. The summed E-state index contributed by atoms with van der Waals surface area (Å²) in [5.41, 5.74) is 1.40. The Morgan fingerprint density at radius 1 is 1.08 bits per heavy atom. The fourth-order valence-corrected chi connectivity index (χ4v) is 6.10. The molecule has 1 aliphatic rings. The minimum atomic E-state index is -3.60. The molecule has 0 bridgehead atoms. The molecule has 1 fully saturated rings. The first-order valence-corrected chi connectivity index (χ1v) is 14.5. The molecule has 0 radical (unpaired) electrons. The molecule has 0 saturated carbocycles. The zero-order valence-corrected chi connectivity index (χ0v) is 23.9. The molecule has 2 aromatic rings. The van der Waals surface area contributed by atoms with E-state index in [-0.39, 0.29) is 12.2 Å². The van der Waals surface area contributed by atoms with Gasteiger partial charge in [0.25, 0.3) is 5.91 Å². The standard InChI is InChI=1S/C27H33Cl2NO6S/c1-6-21(16-37(33,34)27(2,3)4)30-24(17-10-12-19(28)13-11-17)25(18-8-7-9-20(29)14-18)36-22(26(30)32)15-23(31)35-5/h7-14,21-22,24-25H,6,15-16H2,1-5H3/t21-,22+,24-,25-/m1/s1. The van der Waals surface area contributed by atoms with Crippen LogP contribution in [0.5, 0.6) is 0 Å². The zero-order chi connectivity index (χ0) is 27.5. The van der Waals surface area contributed by atoms with Crippen LogP contribution in [0.1, 0.15) is 63.8 Å². The first-order chi connectivity index (χ1) is 17.3. The average Bonchev–Trinajstić information content (AvgIpc) is 2.83. The van der Waals surface area contributed by atoms with Crippen molar-refractivity contribution >= 4 is 44.9 Å². The minimum Gasteiger partial charge on any atom is -0.469 e. The number of benzene rings is 2. The summed E-state index contributed by atoms with van der Waals surface area (Å²) in [7, 11) is -2.36. The molecule has 10 heteroatoms. The molecule has 1 saturated heterocycles. The average molecular weight is 571 g/mol. The van der Waals surface area contributed by atoms with Crippen molar-refractivity contribution in [1.82, 2.24) is 4.90 Å². The molecule has 0 aliphatic carbocycles. The number of hydrogen-bond acceptors (Lipinski definition) is 6. The first-order valence-electron chi connectivity index (χ1n) is 12.1. The number of sulfone groups is 1. The van der Waals surface area contributed by atoms with Crippen LogP contribution in [0.25, 0.3) is 0 Å². The van der Waals surface area contributed by atoms with Crippen LogP contribution in [0.2, 0.25) is 10.0 Å². The summed E-state index contributed by atoms with van der Waals surface area (Å²) >= 11 is 12.5. The van der Waals surface area contributed by atoms with Gasteiger partial charge in [0, 0.05) is 16.1 Å². The van der Waals surface area contributed by atoms with Gasteiger partial charge in [-0.25, -0.2) is 8.42 Å². The van der Waals surface area contributed by atoms with Gasteiger partial charge in [0.15, 0.2) is 9.84 Å². The summed E-state index contributed by atoms with van der Waals surface area (Å²) in [6.07, 6.45) is -1.83. The number of morpholine rings is 1. The van der Waals surface area contributed by atoms with Gasteiger partial charge in [-0.3, -0.25) is 9.59 Å². The monoisotopic (exact) mass is 569 g/mol. The lowest BCUT2D eigenvalue weighted by Gasteiger charge is -2.48. The maximum absolute atomic E-state index is 14.0. The Kier molecular flexibility index (Phi) is 9.32. The van der Waals surface area contributed by atoms with Crippen LogP contribution in [0, 0.1) is 0 Å². The lowest BCUT2D eigenvalue weighted by molar-refractivity contribution is -0.183.